The molecule has 0 aliphatic rings. The van der Waals surface area contributed by atoms with Crippen molar-refractivity contribution in [3.8, 4) is 45.3 Å². The van der Waals surface area contributed by atoms with Crippen molar-refractivity contribution in [1.29, 1.82) is 0 Å². The molecule has 0 aliphatic heterocycles. The van der Waals surface area contributed by atoms with Crippen LogP contribution in [-0.2, 0) is 0 Å². The number of anilines is 2. The highest BCUT2D eigenvalue weighted by molar-refractivity contribution is 6.21. The van der Waals surface area contributed by atoms with Crippen molar-refractivity contribution in [2.24, 2.45) is 0 Å². The van der Waals surface area contributed by atoms with Gasteiger partial charge in [0.1, 0.15) is 23.0 Å². The van der Waals surface area contributed by atoms with Crippen LogP contribution >= 0.6 is 0 Å². The average Bonchev–Trinajstić information content (AvgIpc) is 3.03. The van der Waals surface area contributed by atoms with Crippen LogP contribution in [0, 0.1) is 13.8 Å². The van der Waals surface area contributed by atoms with Gasteiger partial charge in [0.25, 0.3) is 0 Å². The topological polar surface area (TPSA) is 70.5 Å². The van der Waals surface area contributed by atoms with Crippen LogP contribution in [0.3, 0.4) is 0 Å². The van der Waals surface area contributed by atoms with Gasteiger partial charge in [-0.3, -0.25) is 0 Å². The summed E-state index contributed by atoms with van der Waals surface area (Å²) in [6.45, 7) is 4.00. The smallest absolute Gasteiger partial charge is 0.130 e. The lowest BCUT2D eigenvalue weighted by Gasteiger charge is -2.18. The molecule has 7 aromatic carbocycles. The SMILES string of the molecule is Cc1cc(N)ccc1Oc1ccc(-c2c3ccccc3c(-c3ccc(Oc4ccc(N)cc4C)cc3)c3ccccc23)cc1. The van der Waals surface area contributed by atoms with E-state index in [1.54, 1.807) is 0 Å². The number of aryl methyl sites for hydroxylation is 2. The molecule has 0 fully saturated rings. The molecule has 0 unspecified atom stereocenters. The van der Waals surface area contributed by atoms with E-state index in [1.807, 2.05) is 74.5 Å². The van der Waals surface area contributed by atoms with Gasteiger partial charge in [-0.2, -0.15) is 0 Å². The van der Waals surface area contributed by atoms with E-state index in [1.165, 1.54) is 32.7 Å². The van der Waals surface area contributed by atoms with Crippen LogP contribution < -0.4 is 20.9 Å². The summed E-state index contributed by atoms with van der Waals surface area (Å²) in [5.74, 6) is 3.16. The van der Waals surface area contributed by atoms with Crippen molar-refractivity contribution in [2.45, 2.75) is 13.8 Å². The summed E-state index contributed by atoms with van der Waals surface area (Å²) in [4.78, 5) is 0. The van der Waals surface area contributed by atoms with E-state index in [0.29, 0.717) is 0 Å². The van der Waals surface area contributed by atoms with Crippen LogP contribution in [0.15, 0.2) is 133 Å². The standard InChI is InChI=1S/C40H32N2O2/c1-25-23-29(41)15-21-37(25)43-31-17-11-27(12-18-31)39-33-7-3-5-9-35(33)40(36-10-6-4-8-34(36)39)28-13-19-32(20-14-28)44-38-22-16-30(42)24-26(38)2/h3-24H,41-42H2,1-2H3. The first-order valence-corrected chi connectivity index (χ1v) is 14.7. The fourth-order valence-electron chi connectivity index (χ4n) is 5.96. The summed E-state index contributed by atoms with van der Waals surface area (Å²) in [5, 5.41) is 4.79. The molecule has 4 N–H and O–H groups in total. The van der Waals surface area contributed by atoms with Gasteiger partial charge in [-0.1, -0.05) is 72.8 Å². The number of ether oxygens (including phenoxy) is 2. The third-order valence-electron chi connectivity index (χ3n) is 8.07. The molecule has 0 saturated carbocycles. The van der Waals surface area contributed by atoms with Gasteiger partial charge in [-0.05, 0) is 129 Å². The largest absolute Gasteiger partial charge is 0.457 e. The molecule has 7 aromatic rings. The van der Waals surface area contributed by atoms with Crippen molar-refractivity contribution in [2.75, 3.05) is 11.5 Å². The minimum atomic E-state index is 0.727. The number of benzene rings is 7. The molecule has 0 aromatic heterocycles. The highest BCUT2D eigenvalue weighted by atomic mass is 16.5. The lowest BCUT2D eigenvalue weighted by Crippen LogP contribution is -1.93. The second kappa shape index (κ2) is 11.2. The second-order valence-electron chi connectivity index (χ2n) is 11.1. The molecule has 0 atom stereocenters. The molecular weight excluding hydrogens is 540 g/mol. The first-order valence-electron chi connectivity index (χ1n) is 14.7. The fraction of sp³-hybridized carbons (Fsp3) is 0.0500. The van der Waals surface area contributed by atoms with Crippen molar-refractivity contribution in [1.82, 2.24) is 0 Å². The van der Waals surface area contributed by atoms with Crippen molar-refractivity contribution in [3.05, 3.63) is 145 Å². The van der Waals surface area contributed by atoms with E-state index in [4.69, 9.17) is 20.9 Å². The predicted octanol–water partition coefficient (Wildman–Crippen LogP) is 10.7. The highest BCUT2D eigenvalue weighted by Crippen LogP contribution is 2.44. The number of hydrogen-bond donors (Lipinski definition) is 2. The Morgan fingerprint density at radius 1 is 0.409 bits per heavy atom. The highest BCUT2D eigenvalue weighted by Gasteiger charge is 2.17. The molecule has 7 rings (SSSR count). The monoisotopic (exact) mass is 572 g/mol. The van der Waals surface area contributed by atoms with Crippen LogP contribution in [0.5, 0.6) is 23.0 Å². The molecule has 0 saturated heterocycles. The summed E-state index contributed by atoms with van der Waals surface area (Å²) >= 11 is 0. The molecule has 0 spiro atoms. The molecule has 4 nitrogen and oxygen atoms in total. The van der Waals surface area contributed by atoms with Crippen molar-refractivity contribution in [3.63, 3.8) is 0 Å². The van der Waals surface area contributed by atoms with Crippen LogP contribution in [-0.4, -0.2) is 0 Å². The average molecular weight is 573 g/mol. The number of fused-ring (bicyclic) bond motifs is 2. The van der Waals surface area contributed by atoms with Gasteiger partial charge >= 0.3 is 0 Å². The van der Waals surface area contributed by atoms with Gasteiger partial charge in [-0.25, -0.2) is 0 Å². The van der Waals surface area contributed by atoms with Crippen LogP contribution in [0.4, 0.5) is 11.4 Å². The summed E-state index contributed by atoms with van der Waals surface area (Å²) in [5.41, 5.74) is 20.0. The molecule has 0 heterocycles. The summed E-state index contributed by atoms with van der Waals surface area (Å²) in [6.07, 6.45) is 0. The lowest BCUT2D eigenvalue weighted by atomic mass is 9.86. The Morgan fingerprint density at radius 3 is 1.07 bits per heavy atom. The van der Waals surface area contributed by atoms with Gasteiger partial charge in [0.05, 0.1) is 0 Å². The van der Waals surface area contributed by atoms with E-state index < -0.39 is 0 Å². The van der Waals surface area contributed by atoms with Crippen LogP contribution in [0.1, 0.15) is 11.1 Å². The minimum Gasteiger partial charge on any atom is -0.457 e. The van der Waals surface area contributed by atoms with Crippen molar-refractivity contribution >= 4 is 32.9 Å². The zero-order valence-electron chi connectivity index (χ0n) is 24.7. The Balaban J connectivity index is 1.30. The number of nitrogens with two attached hydrogens (primary N) is 2. The van der Waals surface area contributed by atoms with Gasteiger partial charge in [0, 0.05) is 11.4 Å². The maximum absolute atomic E-state index is 6.19. The second-order valence-corrected chi connectivity index (χ2v) is 11.1. The van der Waals surface area contributed by atoms with Gasteiger partial charge in [0.2, 0.25) is 0 Å². The zero-order chi connectivity index (χ0) is 30.2. The molecule has 214 valence electrons. The number of hydrogen-bond acceptors (Lipinski definition) is 4. The Morgan fingerprint density at radius 2 is 0.750 bits per heavy atom. The van der Waals surface area contributed by atoms with E-state index in [2.05, 4.69) is 72.8 Å². The van der Waals surface area contributed by atoms with Gasteiger partial charge in [0.15, 0.2) is 0 Å². The van der Waals surface area contributed by atoms with Crippen molar-refractivity contribution < 1.29 is 9.47 Å². The Bertz CT molecular complexity index is 1940. The Labute approximate surface area is 257 Å². The third-order valence-corrected chi connectivity index (χ3v) is 8.07. The molecular formula is C40H32N2O2. The van der Waals surface area contributed by atoms with E-state index >= 15 is 0 Å². The number of nitrogen functional groups attached to an aromatic ring is 2. The maximum Gasteiger partial charge on any atom is 0.130 e. The molecule has 0 amide bonds. The number of rotatable bonds is 6. The maximum atomic E-state index is 6.19. The molecule has 0 bridgehead atoms. The lowest BCUT2D eigenvalue weighted by molar-refractivity contribution is 0.479. The van der Waals surface area contributed by atoms with E-state index in [0.717, 1.165) is 56.6 Å². The molecule has 0 radical (unpaired) electrons. The first-order chi connectivity index (χ1) is 21.4. The van der Waals surface area contributed by atoms with Crippen LogP contribution in [0.25, 0.3) is 43.8 Å². The van der Waals surface area contributed by atoms with Gasteiger partial charge < -0.3 is 20.9 Å². The van der Waals surface area contributed by atoms with E-state index in [-0.39, 0.29) is 0 Å². The quantitative estimate of drug-likeness (QED) is 0.154. The third kappa shape index (κ3) is 5.07. The normalized spacial score (nSPS) is 11.1. The summed E-state index contributed by atoms with van der Waals surface area (Å²) in [7, 11) is 0. The molecule has 4 heteroatoms. The summed E-state index contributed by atoms with van der Waals surface area (Å²) < 4.78 is 12.4. The fourth-order valence-corrected chi connectivity index (χ4v) is 5.96. The molecule has 44 heavy (non-hydrogen) atoms. The van der Waals surface area contributed by atoms with Crippen LogP contribution in [0.2, 0.25) is 0 Å². The molecule has 0 aliphatic carbocycles. The predicted molar refractivity (Wildman–Crippen MR) is 184 cm³/mol. The Kier molecular flexibility index (Phi) is 6.88. The minimum absolute atomic E-state index is 0.727. The van der Waals surface area contributed by atoms with Gasteiger partial charge in [-0.15, -0.1) is 0 Å². The Hall–Kier alpha value is -5.74. The first kappa shape index (κ1) is 27.1. The summed E-state index contributed by atoms with van der Waals surface area (Å²) in [6, 6.07) is 45.4. The zero-order valence-corrected chi connectivity index (χ0v) is 24.7. The van der Waals surface area contributed by atoms with E-state index in [9.17, 15) is 0 Å².